The molecule has 0 aliphatic heterocycles. The number of benzene rings is 2. The van der Waals surface area contributed by atoms with Crippen LogP contribution in [-0.2, 0) is 16.1 Å². The average Bonchev–Trinajstić information content (AvgIpc) is 2.54. The highest BCUT2D eigenvalue weighted by atomic mass is 16.6. The quantitative estimate of drug-likeness (QED) is 0.793. The van der Waals surface area contributed by atoms with Crippen LogP contribution in [0.25, 0.3) is 0 Å². The monoisotopic (exact) mass is 295 g/mol. The molecule has 2 aromatic carbocycles. The van der Waals surface area contributed by atoms with Crippen LogP contribution in [0.1, 0.15) is 23.6 Å². The zero-order valence-corrected chi connectivity index (χ0v) is 12.6. The Morgan fingerprint density at radius 1 is 1.18 bits per heavy atom. The van der Waals surface area contributed by atoms with Crippen molar-refractivity contribution in [2.24, 2.45) is 0 Å². The summed E-state index contributed by atoms with van der Waals surface area (Å²) in [6.07, 6.45) is -0.711. The lowest BCUT2D eigenvalue weighted by Crippen LogP contribution is -2.26. The second kappa shape index (κ2) is 7.28. The molecule has 0 fully saturated rings. The minimum absolute atomic E-state index is 0.229. The maximum absolute atomic E-state index is 12.0. The van der Waals surface area contributed by atoms with Gasteiger partial charge in [0.25, 0.3) is 0 Å². The molecule has 0 aromatic heterocycles. The first-order valence-corrected chi connectivity index (χ1v) is 6.98. The molecule has 0 spiro atoms. The van der Waals surface area contributed by atoms with Gasteiger partial charge in [-0.2, -0.15) is 5.26 Å². The standard InChI is InChI=1S/C18H17NO3/c1-13-5-3-4-6-16(13)12-21-18(20)14(2)22-17-9-7-15(11-19)8-10-17/h3-10,14H,12H2,1-2H3/t14-/m0/s1. The van der Waals surface area contributed by atoms with E-state index >= 15 is 0 Å². The van der Waals surface area contributed by atoms with Crippen molar-refractivity contribution < 1.29 is 14.3 Å². The molecule has 4 nitrogen and oxygen atoms in total. The third-order valence-electron chi connectivity index (χ3n) is 3.26. The number of ether oxygens (including phenoxy) is 2. The lowest BCUT2D eigenvalue weighted by atomic mass is 10.1. The van der Waals surface area contributed by atoms with Crippen molar-refractivity contribution in [3.63, 3.8) is 0 Å². The van der Waals surface area contributed by atoms with Crippen LogP contribution in [0.2, 0.25) is 0 Å². The number of nitriles is 1. The Morgan fingerprint density at radius 2 is 1.86 bits per heavy atom. The van der Waals surface area contributed by atoms with E-state index in [4.69, 9.17) is 14.7 Å². The number of hydrogen-bond donors (Lipinski definition) is 0. The Kier molecular flexibility index (Phi) is 5.16. The van der Waals surface area contributed by atoms with Gasteiger partial charge in [0.1, 0.15) is 12.4 Å². The Morgan fingerprint density at radius 3 is 2.50 bits per heavy atom. The van der Waals surface area contributed by atoms with Crippen LogP contribution in [0.15, 0.2) is 48.5 Å². The Bertz CT molecular complexity index is 686. The summed E-state index contributed by atoms with van der Waals surface area (Å²) < 4.78 is 10.8. The van der Waals surface area contributed by atoms with Crippen LogP contribution in [0.5, 0.6) is 5.75 Å². The molecule has 0 aliphatic carbocycles. The van der Waals surface area contributed by atoms with E-state index < -0.39 is 12.1 Å². The molecule has 0 unspecified atom stereocenters. The fraction of sp³-hybridized carbons (Fsp3) is 0.222. The van der Waals surface area contributed by atoms with E-state index in [-0.39, 0.29) is 6.61 Å². The van der Waals surface area contributed by atoms with E-state index in [0.717, 1.165) is 11.1 Å². The van der Waals surface area contributed by atoms with Crippen LogP contribution in [0, 0.1) is 18.3 Å². The first-order valence-electron chi connectivity index (χ1n) is 6.98. The second-order valence-electron chi connectivity index (χ2n) is 4.93. The van der Waals surface area contributed by atoms with Gasteiger partial charge in [-0.15, -0.1) is 0 Å². The summed E-state index contributed by atoms with van der Waals surface area (Å²) in [7, 11) is 0. The van der Waals surface area contributed by atoms with Gasteiger partial charge in [0.15, 0.2) is 6.10 Å². The Labute approximate surface area is 129 Å². The zero-order chi connectivity index (χ0) is 15.9. The molecule has 0 bridgehead atoms. The van der Waals surface area contributed by atoms with E-state index in [2.05, 4.69) is 0 Å². The Hall–Kier alpha value is -2.80. The molecule has 0 N–H and O–H groups in total. The van der Waals surface area contributed by atoms with Gasteiger partial charge in [-0.1, -0.05) is 24.3 Å². The lowest BCUT2D eigenvalue weighted by Gasteiger charge is -2.14. The third-order valence-corrected chi connectivity index (χ3v) is 3.26. The minimum Gasteiger partial charge on any atom is -0.479 e. The highest BCUT2D eigenvalue weighted by Crippen LogP contribution is 2.15. The molecular formula is C18H17NO3. The van der Waals surface area contributed by atoms with Crippen LogP contribution in [-0.4, -0.2) is 12.1 Å². The molecule has 0 heterocycles. The van der Waals surface area contributed by atoms with Crippen LogP contribution >= 0.6 is 0 Å². The van der Waals surface area contributed by atoms with Crippen molar-refractivity contribution in [2.45, 2.75) is 26.6 Å². The fourth-order valence-electron chi connectivity index (χ4n) is 1.90. The maximum atomic E-state index is 12.0. The fourth-order valence-corrected chi connectivity index (χ4v) is 1.90. The van der Waals surface area contributed by atoms with Crippen LogP contribution in [0.4, 0.5) is 0 Å². The van der Waals surface area contributed by atoms with Crippen LogP contribution in [0.3, 0.4) is 0 Å². The highest BCUT2D eigenvalue weighted by molar-refractivity contribution is 5.74. The summed E-state index contributed by atoms with van der Waals surface area (Å²) in [4.78, 5) is 12.0. The van der Waals surface area contributed by atoms with Crippen molar-refractivity contribution in [3.05, 3.63) is 65.2 Å². The average molecular weight is 295 g/mol. The number of esters is 1. The van der Waals surface area contributed by atoms with Gasteiger partial charge in [0, 0.05) is 0 Å². The summed E-state index contributed by atoms with van der Waals surface area (Å²) in [6, 6.07) is 16.4. The molecule has 0 aliphatic rings. The van der Waals surface area contributed by atoms with Crippen molar-refractivity contribution in [2.75, 3.05) is 0 Å². The molecule has 2 aromatic rings. The molecule has 2 rings (SSSR count). The predicted octanol–water partition coefficient (Wildman–Crippen LogP) is 3.38. The summed E-state index contributed by atoms with van der Waals surface area (Å²) in [5.74, 6) is 0.104. The van der Waals surface area contributed by atoms with Crippen molar-refractivity contribution in [3.8, 4) is 11.8 Å². The lowest BCUT2D eigenvalue weighted by molar-refractivity contribution is -0.152. The van der Waals surface area contributed by atoms with E-state index in [0.29, 0.717) is 11.3 Å². The first kappa shape index (κ1) is 15.6. The van der Waals surface area contributed by atoms with E-state index in [9.17, 15) is 4.79 Å². The van der Waals surface area contributed by atoms with Crippen molar-refractivity contribution >= 4 is 5.97 Å². The predicted molar refractivity (Wildman–Crippen MR) is 82.2 cm³/mol. The van der Waals surface area contributed by atoms with Gasteiger partial charge < -0.3 is 9.47 Å². The summed E-state index contributed by atoms with van der Waals surface area (Å²) >= 11 is 0. The molecule has 0 saturated carbocycles. The SMILES string of the molecule is Cc1ccccc1COC(=O)[C@H](C)Oc1ccc(C#N)cc1. The number of rotatable bonds is 5. The van der Waals surface area contributed by atoms with Gasteiger partial charge in [-0.25, -0.2) is 4.79 Å². The minimum atomic E-state index is -0.711. The summed E-state index contributed by atoms with van der Waals surface area (Å²) in [5, 5.41) is 8.73. The number of nitrogens with zero attached hydrogens (tertiary/aromatic N) is 1. The molecular weight excluding hydrogens is 278 g/mol. The number of carbonyl (C=O) groups is 1. The Balaban J connectivity index is 1.89. The largest absolute Gasteiger partial charge is 0.479 e. The normalized spacial score (nSPS) is 11.3. The van der Waals surface area contributed by atoms with Crippen molar-refractivity contribution in [1.82, 2.24) is 0 Å². The molecule has 4 heteroatoms. The molecule has 0 radical (unpaired) electrons. The zero-order valence-electron chi connectivity index (χ0n) is 12.6. The third kappa shape index (κ3) is 4.10. The van der Waals surface area contributed by atoms with Gasteiger partial charge >= 0.3 is 5.97 Å². The molecule has 1 atom stereocenters. The van der Waals surface area contributed by atoms with E-state index in [1.54, 1.807) is 31.2 Å². The van der Waals surface area contributed by atoms with Crippen LogP contribution < -0.4 is 4.74 Å². The van der Waals surface area contributed by atoms with E-state index in [1.807, 2.05) is 37.3 Å². The van der Waals surface area contributed by atoms with Crippen molar-refractivity contribution in [1.29, 1.82) is 5.26 Å². The van der Waals surface area contributed by atoms with Gasteiger partial charge in [-0.05, 0) is 49.2 Å². The maximum Gasteiger partial charge on any atom is 0.347 e. The molecule has 0 amide bonds. The topological polar surface area (TPSA) is 59.3 Å². The smallest absolute Gasteiger partial charge is 0.347 e. The van der Waals surface area contributed by atoms with E-state index in [1.165, 1.54) is 0 Å². The van der Waals surface area contributed by atoms with Gasteiger partial charge in [-0.3, -0.25) is 0 Å². The molecule has 0 saturated heterocycles. The molecule has 22 heavy (non-hydrogen) atoms. The highest BCUT2D eigenvalue weighted by Gasteiger charge is 2.16. The van der Waals surface area contributed by atoms with Gasteiger partial charge in [0.05, 0.1) is 11.6 Å². The van der Waals surface area contributed by atoms with Gasteiger partial charge in [0.2, 0.25) is 0 Å². The number of aryl methyl sites for hydroxylation is 1. The first-order chi connectivity index (χ1) is 10.6. The number of carbonyl (C=O) groups excluding carboxylic acids is 1. The number of hydrogen-bond acceptors (Lipinski definition) is 4. The second-order valence-corrected chi connectivity index (χ2v) is 4.93. The summed E-state index contributed by atoms with van der Waals surface area (Å²) in [6.45, 7) is 3.84. The summed E-state index contributed by atoms with van der Waals surface area (Å²) in [5.41, 5.74) is 2.60. The molecule has 112 valence electrons.